The first-order chi connectivity index (χ1) is 13.6. The smallest absolute Gasteiger partial charge is 0.191 e. The van der Waals surface area contributed by atoms with Crippen molar-refractivity contribution >= 4 is 46.4 Å². The molecule has 1 aliphatic rings. The Kier molecular flexibility index (Phi) is 9.01. The molecule has 2 N–H and O–H groups in total. The Morgan fingerprint density at radius 1 is 1.28 bits per heavy atom. The van der Waals surface area contributed by atoms with Gasteiger partial charge in [0.2, 0.25) is 0 Å². The van der Waals surface area contributed by atoms with Gasteiger partial charge in [-0.2, -0.15) is 0 Å². The number of ether oxygens (including phenoxy) is 1. The fourth-order valence-electron chi connectivity index (χ4n) is 3.80. The van der Waals surface area contributed by atoms with E-state index in [4.69, 9.17) is 4.74 Å². The lowest BCUT2D eigenvalue weighted by Crippen LogP contribution is -2.44. The number of anilines is 1. The summed E-state index contributed by atoms with van der Waals surface area (Å²) in [5, 5.41) is 10.0. The number of thiazole rings is 1. The third-order valence-corrected chi connectivity index (χ3v) is 6.48. The molecule has 1 fully saturated rings. The number of nitrogens with zero attached hydrogens (tertiary/aromatic N) is 3. The zero-order valence-electron chi connectivity index (χ0n) is 17.7. The Hall–Kier alpha value is -1.55. The highest BCUT2D eigenvalue weighted by atomic mass is 127. The first-order valence-corrected chi connectivity index (χ1v) is 10.6. The lowest BCUT2D eigenvalue weighted by atomic mass is 9.78. The molecule has 2 aromatic rings. The van der Waals surface area contributed by atoms with Crippen molar-refractivity contribution in [2.45, 2.75) is 37.6 Å². The van der Waals surface area contributed by atoms with Crippen LogP contribution in [-0.4, -0.2) is 45.7 Å². The normalized spacial score (nSPS) is 15.5. The Morgan fingerprint density at radius 3 is 2.66 bits per heavy atom. The molecule has 0 unspecified atom stereocenters. The van der Waals surface area contributed by atoms with Gasteiger partial charge in [-0.15, -0.1) is 35.3 Å². The predicted molar refractivity (Wildman–Crippen MR) is 133 cm³/mol. The minimum Gasteiger partial charge on any atom is -0.497 e. The van der Waals surface area contributed by atoms with Gasteiger partial charge >= 0.3 is 0 Å². The van der Waals surface area contributed by atoms with Crippen LogP contribution >= 0.6 is 35.3 Å². The van der Waals surface area contributed by atoms with Crippen LogP contribution in [0.2, 0.25) is 0 Å². The molecule has 0 spiro atoms. The standard InChI is InChI=1S/C21H31N5OS.HI/c1-22-19(23-13-17-14-28-20(25-17)26(2)3)24-15-21(10-5-6-11-21)16-8-7-9-18(12-16)27-4;/h7-9,12,14H,5-6,10-11,13,15H2,1-4H3,(H2,22,23,24);1H. The predicted octanol–water partition coefficient (Wildman–Crippen LogP) is 4.01. The molecule has 0 radical (unpaired) electrons. The molecule has 0 aliphatic heterocycles. The van der Waals surface area contributed by atoms with Crippen LogP contribution in [-0.2, 0) is 12.0 Å². The molecule has 3 rings (SSSR count). The highest BCUT2D eigenvalue weighted by Gasteiger charge is 2.36. The summed E-state index contributed by atoms with van der Waals surface area (Å²) in [5.41, 5.74) is 2.51. The minimum atomic E-state index is 0. The largest absolute Gasteiger partial charge is 0.497 e. The van der Waals surface area contributed by atoms with Gasteiger partial charge in [-0.3, -0.25) is 4.99 Å². The van der Waals surface area contributed by atoms with Crippen LogP contribution in [0.1, 0.15) is 36.9 Å². The van der Waals surface area contributed by atoms with Gasteiger partial charge in [-0.1, -0.05) is 25.0 Å². The summed E-state index contributed by atoms with van der Waals surface area (Å²) < 4.78 is 5.45. The molecule has 8 heteroatoms. The Bertz CT molecular complexity index is 802. The molecule has 1 aliphatic carbocycles. The molecule has 0 saturated heterocycles. The van der Waals surface area contributed by atoms with Crippen molar-refractivity contribution in [1.82, 2.24) is 15.6 Å². The summed E-state index contributed by atoms with van der Waals surface area (Å²) in [5.74, 6) is 1.74. The van der Waals surface area contributed by atoms with E-state index in [0.717, 1.165) is 29.1 Å². The highest BCUT2D eigenvalue weighted by molar-refractivity contribution is 14.0. The van der Waals surface area contributed by atoms with E-state index in [-0.39, 0.29) is 29.4 Å². The van der Waals surface area contributed by atoms with Gasteiger partial charge in [0, 0.05) is 38.5 Å². The van der Waals surface area contributed by atoms with Crippen molar-refractivity contribution in [2.75, 3.05) is 39.7 Å². The summed E-state index contributed by atoms with van der Waals surface area (Å²) in [6.45, 7) is 1.52. The van der Waals surface area contributed by atoms with Crippen molar-refractivity contribution in [3.63, 3.8) is 0 Å². The van der Waals surface area contributed by atoms with Crippen LogP contribution in [0.15, 0.2) is 34.6 Å². The molecule has 1 aromatic heterocycles. The van der Waals surface area contributed by atoms with E-state index in [9.17, 15) is 0 Å². The van der Waals surface area contributed by atoms with Gasteiger partial charge in [-0.05, 0) is 30.5 Å². The first-order valence-electron chi connectivity index (χ1n) is 9.77. The van der Waals surface area contributed by atoms with Crippen LogP contribution in [0.25, 0.3) is 0 Å². The Balaban J connectivity index is 0.00000300. The third-order valence-electron chi connectivity index (χ3n) is 5.42. The molecule has 160 valence electrons. The summed E-state index contributed by atoms with van der Waals surface area (Å²) in [6, 6.07) is 8.51. The topological polar surface area (TPSA) is 61.8 Å². The van der Waals surface area contributed by atoms with Crippen LogP contribution < -0.4 is 20.3 Å². The first kappa shape index (κ1) is 23.7. The second-order valence-corrected chi connectivity index (χ2v) is 8.35. The van der Waals surface area contributed by atoms with Crippen molar-refractivity contribution < 1.29 is 4.74 Å². The number of aromatic nitrogens is 1. The average Bonchev–Trinajstić information content (AvgIpc) is 3.39. The van der Waals surface area contributed by atoms with Gasteiger partial charge < -0.3 is 20.3 Å². The maximum absolute atomic E-state index is 5.45. The van der Waals surface area contributed by atoms with Gasteiger partial charge in [0.1, 0.15) is 5.75 Å². The summed E-state index contributed by atoms with van der Waals surface area (Å²) in [4.78, 5) is 11.0. The summed E-state index contributed by atoms with van der Waals surface area (Å²) >= 11 is 1.65. The number of hydrogen-bond donors (Lipinski definition) is 2. The molecule has 6 nitrogen and oxygen atoms in total. The SMILES string of the molecule is CN=C(NCc1csc(N(C)C)n1)NCC1(c2cccc(OC)c2)CCCC1.I. The summed E-state index contributed by atoms with van der Waals surface area (Å²) in [7, 11) is 7.56. The lowest BCUT2D eigenvalue weighted by Gasteiger charge is -2.31. The highest BCUT2D eigenvalue weighted by Crippen LogP contribution is 2.41. The molecule has 29 heavy (non-hydrogen) atoms. The van der Waals surface area contributed by atoms with Gasteiger partial charge in [0.25, 0.3) is 0 Å². The number of benzene rings is 1. The number of halogens is 1. The van der Waals surface area contributed by atoms with E-state index in [0.29, 0.717) is 6.54 Å². The molecule has 1 aromatic carbocycles. The molecule has 0 amide bonds. The lowest BCUT2D eigenvalue weighted by molar-refractivity contribution is 0.404. The van der Waals surface area contributed by atoms with Gasteiger partial charge in [0.05, 0.1) is 19.3 Å². The second kappa shape index (κ2) is 11.0. The molecule has 0 bridgehead atoms. The van der Waals surface area contributed by atoms with Crippen LogP contribution in [0.3, 0.4) is 0 Å². The van der Waals surface area contributed by atoms with E-state index in [1.54, 1.807) is 18.4 Å². The summed E-state index contributed by atoms with van der Waals surface area (Å²) in [6.07, 6.45) is 4.89. The average molecular weight is 529 g/mol. The van der Waals surface area contributed by atoms with Crippen molar-refractivity contribution in [1.29, 1.82) is 0 Å². The van der Waals surface area contributed by atoms with Crippen LogP contribution in [0, 0.1) is 0 Å². The molecule has 1 heterocycles. The van der Waals surface area contributed by atoms with Crippen molar-refractivity contribution in [3.05, 3.63) is 40.9 Å². The monoisotopic (exact) mass is 529 g/mol. The fraction of sp³-hybridized carbons (Fsp3) is 0.524. The molecular formula is C21H32IN5OS. The number of hydrogen-bond acceptors (Lipinski definition) is 5. The number of nitrogens with one attached hydrogen (secondary N) is 2. The van der Waals surface area contributed by atoms with Crippen LogP contribution in [0.4, 0.5) is 5.13 Å². The van der Waals surface area contributed by atoms with E-state index >= 15 is 0 Å². The molecule has 1 saturated carbocycles. The maximum atomic E-state index is 5.45. The maximum Gasteiger partial charge on any atom is 0.191 e. The van der Waals surface area contributed by atoms with E-state index in [1.807, 2.05) is 32.1 Å². The second-order valence-electron chi connectivity index (χ2n) is 7.51. The number of methoxy groups -OCH3 is 1. The third kappa shape index (κ3) is 5.97. The van der Waals surface area contributed by atoms with E-state index in [1.165, 1.54) is 31.2 Å². The zero-order chi connectivity index (χ0) is 20.0. The fourth-order valence-corrected chi connectivity index (χ4v) is 4.56. The molecular weight excluding hydrogens is 497 g/mol. The van der Waals surface area contributed by atoms with Crippen molar-refractivity contribution in [3.8, 4) is 5.75 Å². The van der Waals surface area contributed by atoms with E-state index in [2.05, 4.69) is 44.2 Å². The number of aliphatic imine (C=N–C) groups is 1. The van der Waals surface area contributed by atoms with E-state index < -0.39 is 0 Å². The van der Waals surface area contributed by atoms with Gasteiger partial charge in [0.15, 0.2) is 11.1 Å². The number of rotatable bonds is 7. The molecule has 0 atom stereocenters. The quantitative estimate of drug-likeness (QED) is 0.323. The van der Waals surface area contributed by atoms with Crippen LogP contribution in [0.5, 0.6) is 5.75 Å². The van der Waals surface area contributed by atoms with Crippen molar-refractivity contribution in [2.24, 2.45) is 4.99 Å². The Morgan fingerprint density at radius 2 is 2.03 bits per heavy atom. The number of guanidine groups is 1. The van der Waals surface area contributed by atoms with Gasteiger partial charge in [-0.25, -0.2) is 4.98 Å². The zero-order valence-corrected chi connectivity index (χ0v) is 20.8. The minimum absolute atomic E-state index is 0. The Labute approximate surface area is 195 Å².